The first kappa shape index (κ1) is 31.3. The van der Waals surface area contributed by atoms with Gasteiger partial charge in [-0.2, -0.15) is 0 Å². The molecule has 1 unspecified atom stereocenters. The fraction of sp³-hybridized carbons (Fsp3) is 0.0556. The van der Waals surface area contributed by atoms with Crippen LogP contribution in [0.4, 0.5) is 11.5 Å². The second-order valence-corrected chi connectivity index (χ2v) is 11.6. The number of amides is 3. The fourth-order valence-corrected chi connectivity index (χ4v) is 5.40. The van der Waals surface area contributed by atoms with E-state index in [1.54, 1.807) is 54.6 Å². The van der Waals surface area contributed by atoms with Crippen LogP contribution in [0.2, 0.25) is 5.02 Å². The third kappa shape index (κ3) is 8.92. The van der Waals surface area contributed by atoms with Crippen molar-refractivity contribution in [3.05, 3.63) is 160 Å². The third-order valence-corrected chi connectivity index (χ3v) is 8.09. The number of aryl methyl sites for hydroxylation is 1. The zero-order valence-corrected chi connectivity index (χ0v) is 25.8. The van der Waals surface area contributed by atoms with Crippen molar-refractivity contribution in [2.45, 2.75) is 17.1 Å². The van der Waals surface area contributed by atoms with Gasteiger partial charge in [0, 0.05) is 22.3 Å². The van der Waals surface area contributed by atoms with Gasteiger partial charge in [-0.1, -0.05) is 90.0 Å². The topological polar surface area (TPSA) is 100 Å². The summed E-state index contributed by atoms with van der Waals surface area (Å²) in [5, 5.41) is 8.40. The SMILES string of the molecule is Cc1ccc(/C=C(\NC(=O)c2ccccc2)C(=O)Nc2ccc(SC(C(=O)Nc3ccc(Cl)cn3)c3ccccc3)cc2)cc1. The number of pyridine rings is 1. The lowest BCUT2D eigenvalue weighted by atomic mass is 10.1. The number of nitrogens with one attached hydrogen (secondary N) is 3. The number of nitrogens with zero attached hydrogens (tertiary/aromatic N) is 1. The normalized spacial score (nSPS) is 11.7. The Bertz CT molecular complexity index is 1800. The summed E-state index contributed by atoms with van der Waals surface area (Å²) in [5.41, 5.74) is 3.74. The Hall–Kier alpha value is -5.18. The maximum atomic E-state index is 13.4. The Morgan fingerprint density at radius 1 is 0.778 bits per heavy atom. The Kier molecular flexibility index (Phi) is 10.4. The van der Waals surface area contributed by atoms with Crippen LogP contribution in [0.15, 0.2) is 138 Å². The predicted octanol–water partition coefficient (Wildman–Crippen LogP) is 7.93. The lowest BCUT2D eigenvalue weighted by Gasteiger charge is -2.17. The minimum absolute atomic E-state index is 0.0998. The van der Waals surface area contributed by atoms with E-state index in [2.05, 4.69) is 20.9 Å². The summed E-state index contributed by atoms with van der Waals surface area (Å²) in [7, 11) is 0. The molecular weight excluding hydrogens is 604 g/mol. The van der Waals surface area contributed by atoms with Crippen LogP contribution in [0.3, 0.4) is 0 Å². The van der Waals surface area contributed by atoms with E-state index < -0.39 is 17.1 Å². The molecule has 5 rings (SSSR count). The molecule has 0 saturated heterocycles. The van der Waals surface area contributed by atoms with E-state index in [1.807, 2.05) is 79.7 Å². The average Bonchev–Trinajstić information content (AvgIpc) is 3.06. The minimum atomic E-state index is -0.568. The lowest BCUT2D eigenvalue weighted by Crippen LogP contribution is -2.30. The fourth-order valence-electron chi connectivity index (χ4n) is 4.27. The molecule has 0 spiro atoms. The predicted molar refractivity (Wildman–Crippen MR) is 181 cm³/mol. The van der Waals surface area contributed by atoms with E-state index in [4.69, 9.17) is 11.6 Å². The number of carbonyl (C=O) groups excluding carboxylic acids is 3. The van der Waals surface area contributed by atoms with Crippen LogP contribution in [0.5, 0.6) is 0 Å². The van der Waals surface area contributed by atoms with Gasteiger partial charge in [0.15, 0.2) is 0 Å². The van der Waals surface area contributed by atoms with E-state index in [-0.39, 0.29) is 11.6 Å². The van der Waals surface area contributed by atoms with Crippen molar-refractivity contribution in [3.8, 4) is 0 Å². The number of halogens is 1. The highest BCUT2D eigenvalue weighted by Crippen LogP contribution is 2.36. The van der Waals surface area contributed by atoms with E-state index in [9.17, 15) is 14.4 Å². The van der Waals surface area contributed by atoms with Gasteiger partial charge in [-0.15, -0.1) is 11.8 Å². The number of benzene rings is 4. The second-order valence-electron chi connectivity index (χ2n) is 10.0. The van der Waals surface area contributed by atoms with Gasteiger partial charge in [-0.3, -0.25) is 14.4 Å². The number of hydrogen-bond donors (Lipinski definition) is 3. The summed E-state index contributed by atoms with van der Waals surface area (Å²) in [4.78, 5) is 44.7. The first-order valence-electron chi connectivity index (χ1n) is 14.0. The quantitative estimate of drug-likeness (QED) is 0.107. The summed E-state index contributed by atoms with van der Waals surface area (Å²) in [6.45, 7) is 1.98. The Labute approximate surface area is 270 Å². The molecule has 4 aromatic carbocycles. The van der Waals surface area contributed by atoms with E-state index in [0.29, 0.717) is 22.1 Å². The van der Waals surface area contributed by atoms with Crippen LogP contribution in [0.25, 0.3) is 6.08 Å². The molecule has 1 aromatic heterocycles. The smallest absolute Gasteiger partial charge is 0.272 e. The molecule has 1 atom stereocenters. The van der Waals surface area contributed by atoms with E-state index >= 15 is 0 Å². The summed E-state index contributed by atoms with van der Waals surface area (Å²) < 4.78 is 0. The molecule has 0 bridgehead atoms. The number of carbonyl (C=O) groups is 3. The van der Waals surface area contributed by atoms with Crippen molar-refractivity contribution < 1.29 is 14.4 Å². The monoisotopic (exact) mass is 632 g/mol. The van der Waals surface area contributed by atoms with Gasteiger partial charge in [0.25, 0.3) is 11.8 Å². The van der Waals surface area contributed by atoms with Crippen molar-refractivity contribution in [2.24, 2.45) is 0 Å². The molecule has 0 radical (unpaired) electrons. The van der Waals surface area contributed by atoms with Crippen LogP contribution in [-0.2, 0) is 9.59 Å². The molecule has 5 aromatic rings. The van der Waals surface area contributed by atoms with Crippen molar-refractivity contribution in [1.29, 1.82) is 0 Å². The first-order chi connectivity index (χ1) is 21.8. The summed E-state index contributed by atoms with van der Waals surface area (Å²) in [6.07, 6.45) is 3.11. The Morgan fingerprint density at radius 3 is 2.09 bits per heavy atom. The molecule has 0 aliphatic carbocycles. The highest BCUT2D eigenvalue weighted by atomic mass is 35.5. The molecular formula is C36H29ClN4O3S. The van der Waals surface area contributed by atoms with Gasteiger partial charge >= 0.3 is 0 Å². The number of thioether (sulfide) groups is 1. The van der Waals surface area contributed by atoms with Gasteiger partial charge in [0.1, 0.15) is 16.8 Å². The Morgan fingerprint density at radius 2 is 1.44 bits per heavy atom. The lowest BCUT2D eigenvalue weighted by molar-refractivity contribution is -0.116. The van der Waals surface area contributed by atoms with Gasteiger partial charge in [-0.05, 0) is 72.7 Å². The number of hydrogen-bond acceptors (Lipinski definition) is 5. The zero-order chi connectivity index (χ0) is 31.6. The van der Waals surface area contributed by atoms with E-state index in [0.717, 1.165) is 21.6 Å². The van der Waals surface area contributed by atoms with Gasteiger partial charge < -0.3 is 16.0 Å². The molecule has 0 fully saturated rings. The third-order valence-electron chi connectivity index (χ3n) is 6.60. The van der Waals surface area contributed by atoms with Crippen molar-refractivity contribution in [2.75, 3.05) is 10.6 Å². The minimum Gasteiger partial charge on any atom is -0.321 e. The molecule has 3 amide bonds. The largest absolute Gasteiger partial charge is 0.321 e. The molecule has 7 nitrogen and oxygen atoms in total. The summed E-state index contributed by atoms with van der Waals surface area (Å²) in [6, 6.07) is 36.3. The van der Waals surface area contributed by atoms with Crippen LogP contribution in [0, 0.1) is 6.92 Å². The first-order valence-corrected chi connectivity index (χ1v) is 15.3. The van der Waals surface area contributed by atoms with Crippen molar-refractivity contribution in [1.82, 2.24) is 10.3 Å². The van der Waals surface area contributed by atoms with Crippen LogP contribution in [-0.4, -0.2) is 22.7 Å². The van der Waals surface area contributed by atoms with Crippen LogP contribution >= 0.6 is 23.4 Å². The van der Waals surface area contributed by atoms with Crippen LogP contribution in [0.1, 0.15) is 32.3 Å². The number of anilines is 2. The molecule has 0 aliphatic rings. The molecule has 9 heteroatoms. The maximum absolute atomic E-state index is 13.4. The zero-order valence-electron chi connectivity index (χ0n) is 24.2. The highest BCUT2D eigenvalue weighted by molar-refractivity contribution is 8.00. The molecule has 3 N–H and O–H groups in total. The van der Waals surface area contributed by atoms with Crippen molar-refractivity contribution in [3.63, 3.8) is 0 Å². The highest BCUT2D eigenvalue weighted by Gasteiger charge is 2.23. The van der Waals surface area contributed by atoms with E-state index in [1.165, 1.54) is 18.0 Å². The Balaban J connectivity index is 1.32. The standard InChI is InChI=1S/C36H29ClN4O3S/c1-24-12-14-25(15-13-24)22-31(40-34(42)27-10-6-3-7-11-27)35(43)39-29-17-19-30(20-18-29)45-33(26-8-4-2-5-9-26)36(44)41-32-21-16-28(37)23-38-32/h2-23,33H,1H3,(H,39,43)(H,40,42)(H,38,41,44)/b31-22-. The van der Waals surface area contributed by atoms with Gasteiger partial charge in [0.05, 0.1) is 5.02 Å². The van der Waals surface area contributed by atoms with Gasteiger partial charge in [-0.25, -0.2) is 4.98 Å². The molecule has 224 valence electrons. The number of aromatic nitrogens is 1. The average molecular weight is 633 g/mol. The molecule has 0 saturated carbocycles. The number of rotatable bonds is 10. The second kappa shape index (κ2) is 15.0. The van der Waals surface area contributed by atoms with Crippen molar-refractivity contribution >= 4 is 58.7 Å². The van der Waals surface area contributed by atoms with Crippen LogP contribution < -0.4 is 16.0 Å². The summed E-state index contributed by atoms with van der Waals surface area (Å²) >= 11 is 7.31. The van der Waals surface area contributed by atoms with Gasteiger partial charge in [0.2, 0.25) is 5.91 Å². The molecule has 0 aliphatic heterocycles. The molecule has 45 heavy (non-hydrogen) atoms. The summed E-state index contributed by atoms with van der Waals surface area (Å²) in [5.74, 6) is -0.705. The molecule has 1 heterocycles. The maximum Gasteiger partial charge on any atom is 0.272 e.